The number of hydrogen-bond acceptors (Lipinski definition) is 5. The average Bonchev–Trinajstić information content (AvgIpc) is 2.39. The van der Waals surface area contributed by atoms with E-state index >= 15 is 0 Å². The van der Waals surface area contributed by atoms with Crippen molar-refractivity contribution in [2.45, 2.75) is 12.8 Å². The topological polar surface area (TPSA) is 55.3 Å². The zero-order valence-electron chi connectivity index (χ0n) is 9.60. The average molecular weight is 300 g/mol. The van der Waals surface area contributed by atoms with E-state index < -0.39 is 0 Å². The number of carbonyl (C=O) groups is 1. The van der Waals surface area contributed by atoms with Crippen molar-refractivity contribution in [2.24, 2.45) is 5.92 Å². The third-order valence-corrected chi connectivity index (χ3v) is 3.33. The molecular formula is C11H14BrN3O2. The van der Waals surface area contributed by atoms with Gasteiger partial charge in [-0.05, 0) is 28.8 Å². The zero-order valence-corrected chi connectivity index (χ0v) is 11.2. The number of ether oxygens (including phenoxy) is 1. The minimum absolute atomic E-state index is 0.0201. The van der Waals surface area contributed by atoms with Crippen molar-refractivity contribution >= 4 is 27.8 Å². The SMILES string of the molecule is COC(=O)C1CCN(c2ncc(Br)cn2)CC1. The van der Waals surface area contributed by atoms with Gasteiger partial charge in [0.1, 0.15) is 0 Å². The van der Waals surface area contributed by atoms with E-state index in [0.29, 0.717) is 0 Å². The Hall–Kier alpha value is -1.17. The fourth-order valence-corrected chi connectivity index (χ4v) is 2.16. The molecule has 92 valence electrons. The third-order valence-electron chi connectivity index (χ3n) is 2.92. The number of esters is 1. The first kappa shape index (κ1) is 12.3. The molecular weight excluding hydrogens is 286 g/mol. The van der Waals surface area contributed by atoms with E-state index in [9.17, 15) is 4.79 Å². The molecule has 2 rings (SSSR count). The Morgan fingerprint density at radius 2 is 2.00 bits per heavy atom. The quantitative estimate of drug-likeness (QED) is 0.777. The van der Waals surface area contributed by atoms with Crippen LogP contribution in [0.5, 0.6) is 0 Å². The van der Waals surface area contributed by atoms with Gasteiger partial charge >= 0.3 is 5.97 Å². The van der Waals surface area contributed by atoms with Crippen LogP contribution in [-0.4, -0.2) is 36.1 Å². The van der Waals surface area contributed by atoms with E-state index in [2.05, 4.69) is 30.8 Å². The molecule has 0 spiro atoms. The number of rotatable bonds is 2. The third kappa shape index (κ3) is 2.94. The summed E-state index contributed by atoms with van der Waals surface area (Å²) in [5.74, 6) is 0.629. The van der Waals surface area contributed by atoms with Gasteiger partial charge in [-0.25, -0.2) is 9.97 Å². The summed E-state index contributed by atoms with van der Waals surface area (Å²) in [6, 6.07) is 0. The summed E-state index contributed by atoms with van der Waals surface area (Å²) in [5.41, 5.74) is 0. The van der Waals surface area contributed by atoms with Crippen LogP contribution < -0.4 is 4.90 Å². The molecule has 0 amide bonds. The van der Waals surface area contributed by atoms with Crippen LogP contribution in [-0.2, 0) is 9.53 Å². The first-order valence-corrected chi connectivity index (χ1v) is 6.30. The summed E-state index contributed by atoms with van der Waals surface area (Å²) in [7, 11) is 1.44. The lowest BCUT2D eigenvalue weighted by Gasteiger charge is -2.30. The Bertz CT molecular complexity index is 388. The molecule has 6 heteroatoms. The molecule has 0 unspecified atom stereocenters. The molecule has 0 atom stereocenters. The van der Waals surface area contributed by atoms with Crippen LogP contribution in [0.2, 0.25) is 0 Å². The number of halogens is 1. The van der Waals surface area contributed by atoms with Gasteiger partial charge in [0.15, 0.2) is 0 Å². The molecule has 1 aromatic rings. The normalized spacial score (nSPS) is 16.9. The molecule has 17 heavy (non-hydrogen) atoms. The Balaban J connectivity index is 1.95. The molecule has 1 aliphatic heterocycles. The molecule has 1 fully saturated rings. The Labute approximate surface area is 108 Å². The lowest BCUT2D eigenvalue weighted by Crippen LogP contribution is -2.37. The Morgan fingerprint density at radius 1 is 1.41 bits per heavy atom. The molecule has 5 nitrogen and oxygen atoms in total. The van der Waals surface area contributed by atoms with Crippen molar-refractivity contribution in [3.8, 4) is 0 Å². The van der Waals surface area contributed by atoms with Crippen molar-refractivity contribution in [3.05, 3.63) is 16.9 Å². The minimum Gasteiger partial charge on any atom is -0.469 e. The van der Waals surface area contributed by atoms with Crippen molar-refractivity contribution in [1.29, 1.82) is 0 Å². The first-order valence-electron chi connectivity index (χ1n) is 5.51. The van der Waals surface area contributed by atoms with E-state index in [1.165, 1.54) is 7.11 Å². The van der Waals surface area contributed by atoms with Crippen LogP contribution in [0.3, 0.4) is 0 Å². The molecule has 0 saturated carbocycles. The molecule has 1 saturated heterocycles. The second kappa shape index (κ2) is 5.44. The second-order valence-corrected chi connectivity index (χ2v) is 4.90. The summed E-state index contributed by atoms with van der Waals surface area (Å²) in [6.45, 7) is 1.59. The highest BCUT2D eigenvalue weighted by atomic mass is 79.9. The van der Waals surface area contributed by atoms with Crippen LogP contribution >= 0.6 is 15.9 Å². The second-order valence-electron chi connectivity index (χ2n) is 3.99. The lowest BCUT2D eigenvalue weighted by molar-refractivity contribution is -0.146. The highest BCUT2D eigenvalue weighted by Crippen LogP contribution is 2.21. The zero-order chi connectivity index (χ0) is 12.3. The number of carbonyl (C=O) groups excluding carboxylic acids is 1. The fourth-order valence-electron chi connectivity index (χ4n) is 1.95. The van der Waals surface area contributed by atoms with Crippen molar-refractivity contribution in [3.63, 3.8) is 0 Å². The highest BCUT2D eigenvalue weighted by Gasteiger charge is 2.26. The number of hydrogen-bond donors (Lipinski definition) is 0. The standard InChI is InChI=1S/C11H14BrN3O2/c1-17-10(16)8-2-4-15(5-3-8)11-13-6-9(12)7-14-11/h6-8H,2-5H2,1H3. The molecule has 2 heterocycles. The number of nitrogens with zero attached hydrogens (tertiary/aromatic N) is 3. The van der Waals surface area contributed by atoms with Gasteiger partial charge in [0.05, 0.1) is 17.5 Å². The summed E-state index contributed by atoms with van der Waals surface area (Å²) in [4.78, 5) is 22.0. The molecule has 0 N–H and O–H groups in total. The van der Waals surface area contributed by atoms with E-state index in [-0.39, 0.29) is 11.9 Å². The van der Waals surface area contributed by atoms with Gasteiger partial charge in [0, 0.05) is 25.5 Å². The number of anilines is 1. The van der Waals surface area contributed by atoms with Gasteiger partial charge in [0.25, 0.3) is 0 Å². The molecule has 0 bridgehead atoms. The van der Waals surface area contributed by atoms with Gasteiger partial charge in [-0.3, -0.25) is 4.79 Å². The largest absolute Gasteiger partial charge is 0.469 e. The smallest absolute Gasteiger partial charge is 0.308 e. The lowest BCUT2D eigenvalue weighted by atomic mass is 9.97. The van der Waals surface area contributed by atoms with Crippen LogP contribution in [0.4, 0.5) is 5.95 Å². The maximum absolute atomic E-state index is 11.4. The molecule has 0 aromatic carbocycles. The molecule has 1 aliphatic rings. The van der Waals surface area contributed by atoms with Crippen LogP contribution in [0, 0.1) is 5.92 Å². The fraction of sp³-hybridized carbons (Fsp3) is 0.545. The molecule has 1 aromatic heterocycles. The van der Waals surface area contributed by atoms with Crippen molar-refractivity contribution < 1.29 is 9.53 Å². The van der Waals surface area contributed by atoms with Crippen LogP contribution in [0.15, 0.2) is 16.9 Å². The minimum atomic E-state index is -0.110. The predicted molar refractivity (Wildman–Crippen MR) is 66.7 cm³/mol. The van der Waals surface area contributed by atoms with E-state index in [1.54, 1.807) is 12.4 Å². The highest BCUT2D eigenvalue weighted by molar-refractivity contribution is 9.10. The van der Waals surface area contributed by atoms with Crippen molar-refractivity contribution in [1.82, 2.24) is 9.97 Å². The predicted octanol–water partition coefficient (Wildman–Crippen LogP) is 1.63. The maximum atomic E-state index is 11.4. The van der Waals surface area contributed by atoms with Crippen molar-refractivity contribution in [2.75, 3.05) is 25.1 Å². The summed E-state index contributed by atoms with van der Waals surface area (Å²) in [6.07, 6.45) is 5.06. The molecule has 0 aliphatic carbocycles. The van der Waals surface area contributed by atoms with Gasteiger partial charge < -0.3 is 9.64 Å². The van der Waals surface area contributed by atoms with E-state index in [4.69, 9.17) is 4.74 Å². The first-order chi connectivity index (χ1) is 8.20. The number of aromatic nitrogens is 2. The monoisotopic (exact) mass is 299 g/mol. The van der Waals surface area contributed by atoms with Crippen LogP contribution in [0.1, 0.15) is 12.8 Å². The summed E-state index contributed by atoms with van der Waals surface area (Å²) < 4.78 is 5.62. The van der Waals surface area contributed by atoms with Gasteiger partial charge in [0.2, 0.25) is 5.95 Å². The Kier molecular flexibility index (Phi) is 3.93. The van der Waals surface area contributed by atoms with E-state index in [1.807, 2.05) is 0 Å². The Morgan fingerprint density at radius 3 is 2.53 bits per heavy atom. The number of piperidine rings is 1. The number of methoxy groups -OCH3 is 1. The molecule has 0 radical (unpaired) electrons. The van der Waals surface area contributed by atoms with Gasteiger partial charge in [-0.15, -0.1) is 0 Å². The van der Waals surface area contributed by atoms with Crippen LogP contribution in [0.25, 0.3) is 0 Å². The summed E-state index contributed by atoms with van der Waals surface area (Å²) in [5, 5.41) is 0. The van der Waals surface area contributed by atoms with Gasteiger partial charge in [-0.1, -0.05) is 0 Å². The van der Waals surface area contributed by atoms with Gasteiger partial charge in [-0.2, -0.15) is 0 Å². The maximum Gasteiger partial charge on any atom is 0.308 e. The summed E-state index contributed by atoms with van der Waals surface area (Å²) >= 11 is 3.30. The van der Waals surface area contributed by atoms with E-state index in [0.717, 1.165) is 36.4 Å².